The normalized spacial score (nSPS) is 19.9. The zero-order valence-corrected chi connectivity index (χ0v) is 18.2. The Morgan fingerprint density at radius 1 is 1.33 bits per heavy atom. The van der Waals surface area contributed by atoms with Crippen molar-refractivity contribution in [1.82, 2.24) is 15.6 Å². The Hall–Kier alpha value is -2.57. The summed E-state index contributed by atoms with van der Waals surface area (Å²) in [5.74, 6) is 1.42. The van der Waals surface area contributed by atoms with Gasteiger partial charge in [0.2, 0.25) is 5.91 Å². The number of nitrogens with zero attached hydrogens (tertiary/aromatic N) is 3. The lowest BCUT2D eigenvalue weighted by Crippen LogP contribution is -2.42. The molecule has 2 aliphatic rings. The van der Waals surface area contributed by atoms with Gasteiger partial charge < -0.3 is 21.3 Å². The van der Waals surface area contributed by atoms with Crippen molar-refractivity contribution in [3.63, 3.8) is 0 Å². The van der Waals surface area contributed by atoms with Crippen LogP contribution in [0.3, 0.4) is 0 Å². The van der Waals surface area contributed by atoms with Gasteiger partial charge in [-0.3, -0.25) is 4.79 Å². The van der Waals surface area contributed by atoms with Crippen LogP contribution in [0.1, 0.15) is 57.4 Å². The summed E-state index contributed by atoms with van der Waals surface area (Å²) in [6, 6.07) is 4.01. The van der Waals surface area contributed by atoms with E-state index in [1.807, 2.05) is 6.07 Å². The number of nitrogens with two attached hydrogens (primary N) is 1. The molecule has 2 heterocycles. The third-order valence-corrected chi connectivity index (χ3v) is 5.87. The van der Waals surface area contributed by atoms with E-state index in [-0.39, 0.29) is 11.8 Å². The van der Waals surface area contributed by atoms with E-state index in [1.54, 1.807) is 11.8 Å². The quantitative estimate of drug-likeness (QED) is 0.347. The molecule has 7 heteroatoms. The number of primary amides is 1. The molecule has 1 unspecified atom stereocenters. The van der Waals surface area contributed by atoms with E-state index in [2.05, 4.69) is 39.6 Å². The Balaban J connectivity index is 1.62. The maximum Gasteiger partial charge on any atom is 0.222 e. The molecule has 3 rings (SSSR count). The van der Waals surface area contributed by atoms with Crippen LogP contribution < -0.4 is 21.3 Å². The van der Waals surface area contributed by atoms with Crippen molar-refractivity contribution >= 4 is 17.7 Å². The average molecular weight is 413 g/mol. The van der Waals surface area contributed by atoms with Crippen LogP contribution in [0.4, 0.5) is 5.82 Å². The Morgan fingerprint density at radius 3 is 3.00 bits per heavy atom. The molecule has 7 nitrogen and oxygen atoms in total. The third kappa shape index (κ3) is 6.47. The number of piperidine rings is 1. The molecule has 0 saturated carbocycles. The molecule has 1 amide bonds. The Labute approximate surface area is 180 Å². The number of guanidine groups is 1. The van der Waals surface area contributed by atoms with Crippen LogP contribution in [-0.4, -0.2) is 43.0 Å². The lowest BCUT2D eigenvalue weighted by Gasteiger charge is -2.33. The molecule has 1 aliphatic carbocycles. The highest BCUT2D eigenvalue weighted by atomic mass is 16.1. The van der Waals surface area contributed by atoms with Gasteiger partial charge in [-0.1, -0.05) is 17.7 Å². The Bertz CT molecular complexity index is 760. The Morgan fingerprint density at radius 2 is 2.23 bits per heavy atom. The highest BCUT2D eigenvalue weighted by molar-refractivity contribution is 5.80. The number of amides is 1. The molecule has 0 bridgehead atoms. The van der Waals surface area contributed by atoms with E-state index in [9.17, 15) is 4.79 Å². The number of allylic oxidation sites excluding steroid dienone is 1. The summed E-state index contributed by atoms with van der Waals surface area (Å²) in [6.45, 7) is 5.86. The molecule has 30 heavy (non-hydrogen) atoms. The highest BCUT2D eigenvalue weighted by Gasteiger charge is 2.25. The number of rotatable bonds is 8. The number of nitrogens with one attached hydrogen (secondary N) is 2. The SMILES string of the molecule is CCNC(=NCc1cccnc1N1CCCC(C(N)=O)C1)NCCC1=CCCCC1. The summed E-state index contributed by atoms with van der Waals surface area (Å²) in [4.78, 5) is 23.2. The summed E-state index contributed by atoms with van der Waals surface area (Å²) >= 11 is 0. The molecule has 1 aromatic rings. The van der Waals surface area contributed by atoms with Crippen molar-refractivity contribution in [3.8, 4) is 0 Å². The van der Waals surface area contributed by atoms with Crippen LogP contribution in [0.15, 0.2) is 35.0 Å². The van der Waals surface area contributed by atoms with Crippen LogP contribution in [0, 0.1) is 5.92 Å². The minimum atomic E-state index is -0.220. The third-order valence-electron chi connectivity index (χ3n) is 5.87. The first-order valence-corrected chi connectivity index (χ1v) is 11.4. The van der Waals surface area contributed by atoms with Gasteiger partial charge in [0.05, 0.1) is 12.5 Å². The van der Waals surface area contributed by atoms with Crippen LogP contribution in [0.25, 0.3) is 0 Å². The predicted molar refractivity (Wildman–Crippen MR) is 122 cm³/mol. The molecular formula is C23H36N6O. The smallest absolute Gasteiger partial charge is 0.222 e. The lowest BCUT2D eigenvalue weighted by molar-refractivity contribution is -0.122. The van der Waals surface area contributed by atoms with Gasteiger partial charge >= 0.3 is 0 Å². The molecule has 1 fully saturated rings. The van der Waals surface area contributed by atoms with Gasteiger partial charge in [0.15, 0.2) is 5.96 Å². The van der Waals surface area contributed by atoms with Crippen LogP contribution in [0.5, 0.6) is 0 Å². The van der Waals surface area contributed by atoms with Crippen molar-refractivity contribution < 1.29 is 4.79 Å². The largest absolute Gasteiger partial charge is 0.369 e. The standard InChI is InChI=1S/C23H36N6O/c1-2-25-23(27-14-12-18-8-4-3-5-9-18)28-16-19-10-6-13-26-22(19)29-15-7-11-20(17-29)21(24)30/h6,8,10,13,20H,2-5,7,9,11-12,14-17H2,1H3,(H2,24,30)(H2,25,27,28). The van der Waals surface area contributed by atoms with Gasteiger partial charge in [-0.05, 0) is 57.9 Å². The van der Waals surface area contributed by atoms with E-state index in [4.69, 9.17) is 10.7 Å². The van der Waals surface area contributed by atoms with Gasteiger partial charge in [0.1, 0.15) is 5.82 Å². The number of aliphatic imine (C=N–C) groups is 1. The second-order valence-electron chi connectivity index (χ2n) is 8.15. The van der Waals surface area contributed by atoms with Gasteiger partial charge in [0, 0.05) is 37.9 Å². The topological polar surface area (TPSA) is 95.6 Å². The zero-order valence-electron chi connectivity index (χ0n) is 18.2. The van der Waals surface area contributed by atoms with Gasteiger partial charge in [-0.15, -0.1) is 0 Å². The van der Waals surface area contributed by atoms with Crippen molar-refractivity contribution in [2.75, 3.05) is 31.1 Å². The molecule has 1 saturated heterocycles. The Kier molecular flexibility index (Phi) is 8.53. The molecule has 0 aromatic carbocycles. The molecule has 1 atom stereocenters. The molecule has 0 spiro atoms. The molecular weight excluding hydrogens is 376 g/mol. The fourth-order valence-electron chi connectivity index (χ4n) is 4.22. The number of hydrogen-bond acceptors (Lipinski definition) is 4. The first kappa shape index (κ1) is 22.1. The lowest BCUT2D eigenvalue weighted by atomic mass is 9.97. The number of carbonyl (C=O) groups excluding carboxylic acids is 1. The summed E-state index contributed by atoms with van der Waals surface area (Å²) in [5.41, 5.74) is 8.18. The summed E-state index contributed by atoms with van der Waals surface area (Å²) < 4.78 is 0. The highest BCUT2D eigenvalue weighted by Crippen LogP contribution is 2.25. The van der Waals surface area contributed by atoms with Gasteiger partial charge in [-0.25, -0.2) is 9.98 Å². The van der Waals surface area contributed by atoms with Crippen LogP contribution >= 0.6 is 0 Å². The fourth-order valence-corrected chi connectivity index (χ4v) is 4.22. The second kappa shape index (κ2) is 11.6. The molecule has 0 radical (unpaired) electrons. The number of pyridine rings is 1. The van der Waals surface area contributed by atoms with Crippen molar-refractivity contribution in [3.05, 3.63) is 35.5 Å². The van der Waals surface area contributed by atoms with Gasteiger partial charge in [-0.2, -0.15) is 0 Å². The number of hydrogen-bond donors (Lipinski definition) is 3. The van der Waals surface area contributed by atoms with Crippen molar-refractivity contribution in [2.24, 2.45) is 16.6 Å². The minimum Gasteiger partial charge on any atom is -0.369 e. The van der Waals surface area contributed by atoms with Crippen molar-refractivity contribution in [1.29, 1.82) is 0 Å². The predicted octanol–water partition coefficient (Wildman–Crippen LogP) is 2.73. The molecule has 4 N–H and O–H groups in total. The first-order chi connectivity index (χ1) is 14.7. The maximum atomic E-state index is 11.7. The molecule has 1 aliphatic heterocycles. The number of anilines is 1. The minimum absolute atomic E-state index is 0.106. The van der Waals surface area contributed by atoms with Crippen molar-refractivity contribution in [2.45, 2.75) is 58.4 Å². The maximum absolute atomic E-state index is 11.7. The van der Waals surface area contributed by atoms with E-state index in [1.165, 1.54) is 25.7 Å². The van der Waals surface area contributed by atoms with E-state index in [0.29, 0.717) is 13.1 Å². The van der Waals surface area contributed by atoms with Crippen LogP contribution in [-0.2, 0) is 11.3 Å². The second-order valence-corrected chi connectivity index (χ2v) is 8.15. The first-order valence-electron chi connectivity index (χ1n) is 11.4. The summed E-state index contributed by atoms with van der Waals surface area (Å²) in [6.07, 6.45) is 12.2. The molecule has 164 valence electrons. The van der Waals surface area contributed by atoms with Gasteiger partial charge in [0.25, 0.3) is 0 Å². The van der Waals surface area contributed by atoms with E-state index >= 15 is 0 Å². The number of carbonyl (C=O) groups is 1. The molecule has 1 aromatic heterocycles. The fraction of sp³-hybridized carbons (Fsp3) is 0.609. The summed E-state index contributed by atoms with van der Waals surface area (Å²) in [5, 5.41) is 6.80. The number of aromatic nitrogens is 1. The van der Waals surface area contributed by atoms with Crippen LogP contribution in [0.2, 0.25) is 0 Å². The average Bonchev–Trinajstić information content (AvgIpc) is 2.78. The van der Waals surface area contributed by atoms with E-state index < -0.39 is 0 Å². The van der Waals surface area contributed by atoms with E-state index in [0.717, 1.165) is 56.2 Å². The summed E-state index contributed by atoms with van der Waals surface area (Å²) in [7, 11) is 0. The monoisotopic (exact) mass is 412 g/mol. The zero-order chi connectivity index (χ0) is 21.2.